The number of halogens is 1. The zero-order chi connectivity index (χ0) is 13.1. The van der Waals surface area contributed by atoms with Gasteiger partial charge in [-0.1, -0.05) is 12.1 Å². The fourth-order valence-corrected chi connectivity index (χ4v) is 2.15. The highest BCUT2D eigenvalue weighted by Crippen LogP contribution is 2.10. The van der Waals surface area contributed by atoms with E-state index in [1.165, 1.54) is 6.92 Å². The number of carbonyl (C=O) groups is 2. The lowest BCUT2D eigenvalue weighted by molar-refractivity contribution is 0.0708. The molecule has 19 heavy (non-hydrogen) atoms. The summed E-state index contributed by atoms with van der Waals surface area (Å²) in [6.07, 6.45) is 0. The predicted molar refractivity (Wildman–Crippen MR) is 77.1 cm³/mol. The molecule has 0 bridgehead atoms. The number of Topliss-reactive ketones (excluding diaryl/α,β-unsaturated/α-hetero) is 1. The van der Waals surface area contributed by atoms with E-state index in [1.807, 2.05) is 4.90 Å². The summed E-state index contributed by atoms with van der Waals surface area (Å²) in [4.78, 5) is 25.3. The number of ketones is 1. The van der Waals surface area contributed by atoms with E-state index in [2.05, 4.69) is 12.2 Å². The largest absolute Gasteiger partial charge is 0.336 e. The zero-order valence-electron chi connectivity index (χ0n) is 11.2. The van der Waals surface area contributed by atoms with Crippen LogP contribution in [0.3, 0.4) is 0 Å². The van der Waals surface area contributed by atoms with Crippen molar-refractivity contribution in [2.24, 2.45) is 0 Å². The molecule has 0 aromatic heterocycles. The molecule has 1 saturated heterocycles. The van der Waals surface area contributed by atoms with E-state index in [-0.39, 0.29) is 24.1 Å². The maximum Gasteiger partial charge on any atom is 0.253 e. The summed E-state index contributed by atoms with van der Waals surface area (Å²) in [7, 11) is 0. The molecular formula is C14H19ClN2O2. The van der Waals surface area contributed by atoms with Crippen LogP contribution in [0.25, 0.3) is 0 Å². The molecule has 0 spiro atoms. The van der Waals surface area contributed by atoms with Crippen LogP contribution in [0.4, 0.5) is 0 Å². The van der Waals surface area contributed by atoms with Crippen LogP contribution in [-0.4, -0.2) is 42.3 Å². The zero-order valence-corrected chi connectivity index (χ0v) is 12.0. The third-order valence-electron chi connectivity index (χ3n) is 3.19. The Kier molecular flexibility index (Phi) is 5.51. The van der Waals surface area contributed by atoms with Crippen molar-refractivity contribution in [3.05, 3.63) is 35.4 Å². The molecule has 0 aliphatic carbocycles. The maximum absolute atomic E-state index is 12.2. The van der Waals surface area contributed by atoms with Crippen LogP contribution in [0.5, 0.6) is 0 Å². The van der Waals surface area contributed by atoms with E-state index in [4.69, 9.17) is 0 Å². The Labute approximate surface area is 119 Å². The number of hydrogen-bond acceptors (Lipinski definition) is 3. The first-order chi connectivity index (χ1) is 8.58. The van der Waals surface area contributed by atoms with Gasteiger partial charge >= 0.3 is 0 Å². The minimum atomic E-state index is 0. The number of rotatable bonds is 2. The average molecular weight is 283 g/mol. The highest BCUT2D eigenvalue weighted by Gasteiger charge is 2.21. The lowest BCUT2D eigenvalue weighted by Crippen LogP contribution is -2.51. The van der Waals surface area contributed by atoms with E-state index in [9.17, 15) is 9.59 Å². The highest BCUT2D eigenvalue weighted by atomic mass is 35.5. The molecule has 1 aliphatic heterocycles. The summed E-state index contributed by atoms with van der Waals surface area (Å²) < 4.78 is 0. The van der Waals surface area contributed by atoms with Crippen LogP contribution in [0.2, 0.25) is 0 Å². The van der Waals surface area contributed by atoms with Gasteiger partial charge in [-0.05, 0) is 26.0 Å². The second kappa shape index (κ2) is 6.68. The van der Waals surface area contributed by atoms with Crippen molar-refractivity contribution >= 4 is 24.1 Å². The minimum Gasteiger partial charge on any atom is -0.336 e. The van der Waals surface area contributed by atoms with Gasteiger partial charge in [0.25, 0.3) is 5.91 Å². The fourth-order valence-electron chi connectivity index (χ4n) is 2.15. The Morgan fingerprint density at radius 3 is 2.32 bits per heavy atom. The third kappa shape index (κ3) is 3.78. The first-order valence-electron chi connectivity index (χ1n) is 6.21. The molecule has 1 aliphatic rings. The molecule has 1 fully saturated rings. The lowest BCUT2D eigenvalue weighted by atomic mass is 10.1. The first-order valence-corrected chi connectivity index (χ1v) is 6.21. The van der Waals surface area contributed by atoms with Gasteiger partial charge in [0.1, 0.15) is 0 Å². The number of piperazine rings is 1. The Morgan fingerprint density at radius 1 is 1.21 bits per heavy atom. The average Bonchev–Trinajstić information content (AvgIpc) is 2.38. The van der Waals surface area contributed by atoms with Gasteiger partial charge in [0.15, 0.2) is 5.78 Å². The summed E-state index contributed by atoms with van der Waals surface area (Å²) in [5.74, 6) is 0.0586. The van der Waals surface area contributed by atoms with Gasteiger partial charge in [0.05, 0.1) is 0 Å². The van der Waals surface area contributed by atoms with E-state index in [1.54, 1.807) is 24.3 Å². The molecule has 0 saturated carbocycles. The molecule has 104 valence electrons. The fraction of sp³-hybridized carbons (Fsp3) is 0.429. The molecule has 1 aromatic carbocycles. The summed E-state index contributed by atoms with van der Waals surface area (Å²) in [6, 6.07) is 7.21. The van der Waals surface area contributed by atoms with E-state index in [0.717, 1.165) is 19.6 Å². The number of amides is 1. The van der Waals surface area contributed by atoms with Crippen molar-refractivity contribution in [3.8, 4) is 0 Å². The standard InChI is InChI=1S/C14H18N2O2.ClH/c1-10-9-16(8-7-15-10)14(18)13-5-3-12(4-6-13)11(2)17;/h3-6,10,15H,7-9H2,1-2H3;1H. The van der Waals surface area contributed by atoms with Gasteiger partial charge in [-0.25, -0.2) is 0 Å². The van der Waals surface area contributed by atoms with Gasteiger partial charge < -0.3 is 10.2 Å². The van der Waals surface area contributed by atoms with E-state index < -0.39 is 0 Å². The van der Waals surface area contributed by atoms with Crippen molar-refractivity contribution in [3.63, 3.8) is 0 Å². The maximum atomic E-state index is 12.2. The first kappa shape index (κ1) is 15.7. The van der Waals surface area contributed by atoms with Gasteiger partial charge in [0.2, 0.25) is 0 Å². The predicted octanol–water partition coefficient (Wildman–Crippen LogP) is 1.74. The van der Waals surface area contributed by atoms with Crippen LogP contribution < -0.4 is 5.32 Å². The van der Waals surface area contributed by atoms with E-state index in [0.29, 0.717) is 17.2 Å². The molecule has 1 amide bonds. The topological polar surface area (TPSA) is 49.4 Å². The number of nitrogens with zero attached hydrogens (tertiary/aromatic N) is 1. The second-order valence-corrected chi connectivity index (χ2v) is 4.74. The molecule has 1 N–H and O–H groups in total. The highest BCUT2D eigenvalue weighted by molar-refractivity contribution is 5.97. The molecule has 1 atom stereocenters. The smallest absolute Gasteiger partial charge is 0.253 e. The van der Waals surface area contributed by atoms with Gasteiger partial charge in [-0.15, -0.1) is 12.4 Å². The number of carbonyl (C=O) groups excluding carboxylic acids is 2. The van der Waals surface area contributed by atoms with Crippen LogP contribution in [0.15, 0.2) is 24.3 Å². The summed E-state index contributed by atoms with van der Waals surface area (Å²) in [5.41, 5.74) is 1.29. The summed E-state index contributed by atoms with van der Waals surface area (Å²) in [6.45, 7) is 5.89. The van der Waals surface area contributed by atoms with Crippen molar-refractivity contribution in [2.45, 2.75) is 19.9 Å². The van der Waals surface area contributed by atoms with Crippen molar-refractivity contribution in [1.29, 1.82) is 0 Å². The van der Waals surface area contributed by atoms with Crippen molar-refractivity contribution in [1.82, 2.24) is 10.2 Å². The molecule has 5 heteroatoms. The summed E-state index contributed by atoms with van der Waals surface area (Å²) >= 11 is 0. The van der Waals surface area contributed by atoms with Crippen LogP contribution in [0.1, 0.15) is 34.6 Å². The van der Waals surface area contributed by atoms with Crippen molar-refractivity contribution < 1.29 is 9.59 Å². The lowest BCUT2D eigenvalue weighted by Gasteiger charge is -2.32. The quantitative estimate of drug-likeness (QED) is 0.841. The van der Waals surface area contributed by atoms with Gasteiger partial charge in [0, 0.05) is 36.8 Å². The third-order valence-corrected chi connectivity index (χ3v) is 3.19. The van der Waals surface area contributed by atoms with Crippen LogP contribution in [-0.2, 0) is 0 Å². The normalized spacial score (nSPS) is 18.6. The second-order valence-electron chi connectivity index (χ2n) is 4.74. The molecule has 4 nitrogen and oxygen atoms in total. The Bertz CT molecular complexity index is 459. The molecule has 0 radical (unpaired) electrons. The van der Waals surface area contributed by atoms with E-state index >= 15 is 0 Å². The van der Waals surface area contributed by atoms with Gasteiger partial charge in [-0.2, -0.15) is 0 Å². The SMILES string of the molecule is CC(=O)c1ccc(C(=O)N2CCNC(C)C2)cc1.Cl. The monoisotopic (exact) mass is 282 g/mol. The molecule has 1 aromatic rings. The van der Waals surface area contributed by atoms with Gasteiger partial charge in [-0.3, -0.25) is 9.59 Å². The molecule has 2 rings (SSSR count). The number of benzene rings is 1. The van der Waals surface area contributed by atoms with Crippen molar-refractivity contribution in [2.75, 3.05) is 19.6 Å². The number of nitrogens with one attached hydrogen (secondary N) is 1. The van der Waals surface area contributed by atoms with Crippen LogP contribution in [0, 0.1) is 0 Å². The Balaban J connectivity index is 0.00000180. The molecule has 1 heterocycles. The number of hydrogen-bond donors (Lipinski definition) is 1. The Hall–Kier alpha value is -1.39. The summed E-state index contributed by atoms with van der Waals surface area (Å²) in [5, 5.41) is 3.30. The minimum absolute atomic E-state index is 0. The molecular weight excluding hydrogens is 264 g/mol. The Morgan fingerprint density at radius 2 is 1.79 bits per heavy atom. The van der Waals surface area contributed by atoms with Crippen LogP contribution >= 0.6 is 12.4 Å². The molecule has 1 unspecified atom stereocenters.